The zero-order valence-corrected chi connectivity index (χ0v) is 20.2. The second kappa shape index (κ2) is 8.83. The summed E-state index contributed by atoms with van der Waals surface area (Å²) in [7, 11) is 0. The number of carbonyl (C=O) groups is 2. The molecule has 1 aliphatic heterocycles. The van der Waals surface area contributed by atoms with Crippen LogP contribution in [-0.2, 0) is 14.3 Å². The molecule has 1 amide bonds. The van der Waals surface area contributed by atoms with Gasteiger partial charge in [0.1, 0.15) is 5.60 Å². The van der Waals surface area contributed by atoms with E-state index in [9.17, 15) is 14.7 Å². The maximum absolute atomic E-state index is 12.7. The third kappa shape index (κ3) is 7.16. The molecule has 3 unspecified atom stereocenters. The summed E-state index contributed by atoms with van der Waals surface area (Å²) in [5, 5.41) is 9.83. The number of rotatable bonds is 6. The number of carboxylic acids is 1. The maximum atomic E-state index is 12.7. The highest BCUT2D eigenvalue weighted by molar-refractivity contribution is 5.76. The van der Waals surface area contributed by atoms with Crippen molar-refractivity contribution in [1.82, 2.24) is 4.90 Å². The van der Waals surface area contributed by atoms with E-state index in [1.165, 1.54) is 4.90 Å². The van der Waals surface area contributed by atoms with E-state index in [2.05, 4.69) is 41.5 Å². The highest BCUT2D eigenvalue weighted by atomic mass is 16.6. The number of ether oxygens (including phenoxy) is 2. The van der Waals surface area contributed by atoms with Crippen molar-refractivity contribution in [2.45, 2.75) is 106 Å². The zero-order chi connectivity index (χ0) is 22.8. The number of likely N-dealkylation sites (tertiary alicyclic amines) is 1. The fourth-order valence-corrected chi connectivity index (χ4v) is 4.69. The van der Waals surface area contributed by atoms with Gasteiger partial charge in [0, 0.05) is 6.54 Å². The first-order valence-corrected chi connectivity index (χ1v) is 10.8. The third-order valence-corrected chi connectivity index (χ3v) is 5.74. The van der Waals surface area contributed by atoms with Crippen LogP contribution in [0.3, 0.4) is 0 Å². The van der Waals surface area contributed by atoms with Gasteiger partial charge in [-0.15, -0.1) is 0 Å². The molecule has 0 radical (unpaired) electrons. The topological polar surface area (TPSA) is 76.1 Å². The summed E-state index contributed by atoms with van der Waals surface area (Å²) < 4.78 is 12.1. The van der Waals surface area contributed by atoms with Crippen molar-refractivity contribution < 1.29 is 24.2 Å². The minimum Gasteiger partial charge on any atom is -0.481 e. The minimum atomic E-state index is -1.07. The van der Waals surface area contributed by atoms with Gasteiger partial charge >= 0.3 is 12.1 Å². The molecule has 0 saturated carbocycles. The molecule has 1 saturated heterocycles. The smallest absolute Gasteiger partial charge is 0.410 e. The number of carboxylic acid groups (broad SMARTS) is 1. The van der Waals surface area contributed by atoms with E-state index in [4.69, 9.17) is 9.47 Å². The molecule has 0 aromatic carbocycles. The molecular formula is C23H43NO5. The number of carbonyl (C=O) groups excluding carboxylic acids is 1. The average Bonchev–Trinajstić information content (AvgIpc) is 2.48. The minimum absolute atomic E-state index is 0.0507. The van der Waals surface area contributed by atoms with Crippen LogP contribution in [0.5, 0.6) is 0 Å². The van der Waals surface area contributed by atoms with Crippen LogP contribution in [0.4, 0.5) is 4.79 Å². The van der Waals surface area contributed by atoms with Crippen LogP contribution in [-0.4, -0.2) is 52.5 Å². The van der Waals surface area contributed by atoms with E-state index in [0.29, 0.717) is 18.9 Å². The summed E-state index contributed by atoms with van der Waals surface area (Å²) >= 11 is 0. The Labute approximate surface area is 177 Å². The van der Waals surface area contributed by atoms with Crippen LogP contribution in [0.1, 0.15) is 88.5 Å². The lowest BCUT2D eigenvalue weighted by molar-refractivity contribution is -0.175. The lowest BCUT2D eigenvalue weighted by atomic mass is 9.69. The van der Waals surface area contributed by atoms with E-state index < -0.39 is 28.7 Å². The van der Waals surface area contributed by atoms with E-state index in [1.54, 1.807) is 27.7 Å². The number of aliphatic carboxylic acids is 1. The molecule has 6 nitrogen and oxygen atoms in total. The van der Waals surface area contributed by atoms with Gasteiger partial charge in [0.05, 0.1) is 23.7 Å². The summed E-state index contributed by atoms with van der Waals surface area (Å²) in [6.45, 7) is 20.5. The lowest BCUT2D eigenvalue weighted by Crippen LogP contribution is -2.57. The van der Waals surface area contributed by atoms with Gasteiger partial charge in [0.15, 0.2) is 0 Å². The van der Waals surface area contributed by atoms with Gasteiger partial charge in [0.2, 0.25) is 0 Å². The van der Waals surface area contributed by atoms with Crippen molar-refractivity contribution in [2.24, 2.45) is 16.7 Å². The van der Waals surface area contributed by atoms with Gasteiger partial charge in [-0.1, -0.05) is 34.1 Å². The molecule has 1 aliphatic rings. The molecule has 0 spiro atoms. The van der Waals surface area contributed by atoms with Crippen molar-refractivity contribution in [3.8, 4) is 0 Å². The van der Waals surface area contributed by atoms with Crippen molar-refractivity contribution in [1.29, 1.82) is 0 Å². The number of piperidine rings is 1. The Kier molecular flexibility index (Phi) is 7.83. The van der Waals surface area contributed by atoms with E-state index in [-0.39, 0.29) is 18.1 Å². The molecule has 6 heteroatoms. The van der Waals surface area contributed by atoms with Crippen LogP contribution in [0.25, 0.3) is 0 Å². The van der Waals surface area contributed by atoms with Gasteiger partial charge < -0.3 is 19.5 Å². The van der Waals surface area contributed by atoms with Crippen LogP contribution in [0.15, 0.2) is 0 Å². The predicted octanol–water partition coefficient (Wildman–Crippen LogP) is 5.34. The Hall–Kier alpha value is -1.30. The average molecular weight is 414 g/mol. The van der Waals surface area contributed by atoms with E-state index in [1.807, 2.05) is 0 Å². The van der Waals surface area contributed by atoms with E-state index in [0.717, 1.165) is 12.8 Å². The van der Waals surface area contributed by atoms with Gasteiger partial charge in [-0.05, 0) is 65.7 Å². The second-order valence-electron chi connectivity index (χ2n) is 11.5. The van der Waals surface area contributed by atoms with E-state index >= 15 is 0 Å². The Morgan fingerprint density at radius 3 is 2.10 bits per heavy atom. The van der Waals surface area contributed by atoms with Crippen molar-refractivity contribution in [3.05, 3.63) is 0 Å². The molecule has 1 heterocycles. The highest BCUT2D eigenvalue weighted by Crippen LogP contribution is 2.42. The van der Waals surface area contributed by atoms with Gasteiger partial charge in [-0.25, -0.2) is 4.79 Å². The SMILES string of the molecule is CCCC(C(C)(C)C)C(C)(C)OC1CN(C(=O)OC(C)(C)C)CC(C)(C(=O)O)C1. The summed E-state index contributed by atoms with van der Waals surface area (Å²) in [6, 6.07) is 0. The Morgan fingerprint density at radius 2 is 1.69 bits per heavy atom. The number of nitrogens with zero attached hydrogens (tertiary/aromatic N) is 1. The number of hydrogen-bond donors (Lipinski definition) is 1. The van der Waals surface area contributed by atoms with Gasteiger partial charge in [-0.3, -0.25) is 4.79 Å². The van der Waals surface area contributed by atoms with Gasteiger partial charge in [-0.2, -0.15) is 0 Å². The number of amides is 1. The van der Waals surface area contributed by atoms with Crippen LogP contribution >= 0.6 is 0 Å². The number of hydrogen-bond acceptors (Lipinski definition) is 4. The molecule has 0 aromatic heterocycles. The quantitative estimate of drug-likeness (QED) is 0.636. The summed E-state index contributed by atoms with van der Waals surface area (Å²) in [4.78, 5) is 26.2. The summed E-state index contributed by atoms with van der Waals surface area (Å²) in [5.74, 6) is -0.619. The maximum Gasteiger partial charge on any atom is 0.410 e. The van der Waals surface area contributed by atoms with Crippen molar-refractivity contribution in [2.75, 3.05) is 13.1 Å². The monoisotopic (exact) mass is 413 g/mol. The Balaban J connectivity index is 3.12. The molecule has 0 aliphatic carbocycles. The largest absolute Gasteiger partial charge is 0.481 e. The fourth-order valence-electron chi connectivity index (χ4n) is 4.69. The first kappa shape index (κ1) is 25.7. The molecule has 170 valence electrons. The second-order valence-corrected chi connectivity index (χ2v) is 11.5. The van der Waals surface area contributed by atoms with Gasteiger partial charge in [0.25, 0.3) is 0 Å². The molecular weight excluding hydrogens is 370 g/mol. The predicted molar refractivity (Wildman–Crippen MR) is 115 cm³/mol. The fraction of sp³-hybridized carbons (Fsp3) is 0.913. The first-order chi connectivity index (χ1) is 12.9. The summed E-state index contributed by atoms with van der Waals surface area (Å²) in [5.41, 5.74) is -2.11. The van der Waals surface area contributed by atoms with Crippen molar-refractivity contribution in [3.63, 3.8) is 0 Å². The Morgan fingerprint density at radius 1 is 1.14 bits per heavy atom. The standard InChI is InChI=1S/C23H43NO5/c1-11-12-17(20(2,3)4)22(8,9)28-16-13-23(10,18(25)26)15-24(14-16)19(27)29-21(5,6)7/h16-17H,11-15H2,1-10H3,(H,25,26). The van der Waals surface area contributed by atoms with Crippen LogP contribution in [0.2, 0.25) is 0 Å². The summed E-state index contributed by atoms with van der Waals surface area (Å²) in [6.07, 6.45) is 1.59. The molecule has 29 heavy (non-hydrogen) atoms. The molecule has 1 N–H and O–H groups in total. The molecule has 0 bridgehead atoms. The van der Waals surface area contributed by atoms with Crippen LogP contribution in [0, 0.1) is 16.7 Å². The molecule has 3 atom stereocenters. The zero-order valence-electron chi connectivity index (χ0n) is 20.2. The third-order valence-electron chi connectivity index (χ3n) is 5.74. The van der Waals surface area contributed by atoms with Crippen LogP contribution < -0.4 is 0 Å². The molecule has 1 fully saturated rings. The highest BCUT2D eigenvalue weighted by Gasteiger charge is 2.47. The lowest BCUT2D eigenvalue weighted by Gasteiger charge is -2.48. The first-order valence-electron chi connectivity index (χ1n) is 10.8. The Bertz CT molecular complexity index is 587. The normalized spacial score (nSPS) is 24.9. The van der Waals surface area contributed by atoms with Crippen molar-refractivity contribution >= 4 is 12.1 Å². The molecule has 0 aromatic rings. The molecule has 1 rings (SSSR count).